The van der Waals surface area contributed by atoms with Crippen molar-refractivity contribution in [3.63, 3.8) is 0 Å². The molecule has 136 valence electrons. The third kappa shape index (κ3) is 4.14. The minimum Gasteiger partial charge on any atom is -0.490 e. The molecule has 0 unspecified atom stereocenters. The van der Waals surface area contributed by atoms with Crippen LogP contribution in [0.4, 0.5) is 5.69 Å². The zero-order chi connectivity index (χ0) is 17.7. The van der Waals surface area contributed by atoms with Gasteiger partial charge in [-0.15, -0.1) is 0 Å². The molecule has 25 heavy (non-hydrogen) atoms. The number of nitrogens with two attached hydrogens (primary N) is 2. The van der Waals surface area contributed by atoms with E-state index in [2.05, 4.69) is 10.3 Å². The molecular weight excluding hydrogens is 324 g/mol. The SMILES string of the molecule is NC(=O)C1(CN=C(N)Nc2ccc3c(c2)OCCCO3)CCOCC1. The van der Waals surface area contributed by atoms with Crippen LogP contribution >= 0.6 is 0 Å². The van der Waals surface area contributed by atoms with Gasteiger partial charge in [-0.05, 0) is 25.0 Å². The molecule has 1 aromatic carbocycles. The molecule has 2 heterocycles. The molecule has 2 aliphatic heterocycles. The molecule has 1 aromatic rings. The number of benzene rings is 1. The lowest BCUT2D eigenvalue weighted by Gasteiger charge is -2.32. The number of guanidine groups is 1. The second kappa shape index (κ2) is 7.60. The summed E-state index contributed by atoms with van der Waals surface area (Å²) < 4.78 is 16.6. The molecule has 3 rings (SSSR count). The van der Waals surface area contributed by atoms with Crippen molar-refractivity contribution in [2.45, 2.75) is 19.3 Å². The summed E-state index contributed by atoms with van der Waals surface area (Å²) >= 11 is 0. The fraction of sp³-hybridized carbons (Fsp3) is 0.529. The maximum atomic E-state index is 11.8. The van der Waals surface area contributed by atoms with Crippen molar-refractivity contribution in [2.24, 2.45) is 21.9 Å². The van der Waals surface area contributed by atoms with E-state index in [4.69, 9.17) is 25.7 Å². The Labute approximate surface area is 146 Å². The first-order valence-electron chi connectivity index (χ1n) is 8.43. The third-order valence-electron chi connectivity index (χ3n) is 4.54. The van der Waals surface area contributed by atoms with E-state index in [9.17, 15) is 4.79 Å². The number of aliphatic imine (C=N–C) groups is 1. The second-order valence-corrected chi connectivity index (χ2v) is 6.30. The number of hydrogen-bond acceptors (Lipinski definition) is 5. The molecule has 5 N–H and O–H groups in total. The van der Waals surface area contributed by atoms with Crippen molar-refractivity contribution < 1.29 is 19.0 Å². The number of nitrogens with zero attached hydrogens (tertiary/aromatic N) is 1. The quantitative estimate of drug-likeness (QED) is 0.548. The Morgan fingerprint density at radius 2 is 1.84 bits per heavy atom. The van der Waals surface area contributed by atoms with Crippen molar-refractivity contribution >= 4 is 17.6 Å². The van der Waals surface area contributed by atoms with E-state index in [0.29, 0.717) is 50.8 Å². The molecule has 0 aliphatic carbocycles. The van der Waals surface area contributed by atoms with Gasteiger partial charge in [-0.2, -0.15) is 0 Å². The lowest BCUT2D eigenvalue weighted by molar-refractivity contribution is -0.132. The Bertz CT molecular complexity index is 656. The second-order valence-electron chi connectivity index (χ2n) is 6.30. The fourth-order valence-electron chi connectivity index (χ4n) is 2.91. The van der Waals surface area contributed by atoms with Crippen molar-refractivity contribution in [2.75, 3.05) is 38.3 Å². The minimum absolute atomic E-state index is 0.224. The van der Waals surface area contributed by atoms with Gasteiger partial charge in [0.2, 0.25) is 5.91 Å². The summed E-state index contributed by atoms with van der Waals surface area (Å²) in [6.45, 7) is 2.52. The first-order valence-corrected chi connectivity index (χ1v) is 8.43. The predicted molar refractivity (Wildman–Crippen MR) is 93.8 cm³/mol. The van der Waals surface area contributed by atoms with Crippen LogP contribution in [0.3, 0.4) is 0 Å². The van der Waals surface area contributed by atoms with Gasteiger partial charge >= 0.3 is 0 Å². The number of carbonyl (C=O) groups excluding carboxylic acids is 1. The van der Waals surface area contributed by atoms with Gasteiger partial charge in [-0.1, -0.05) is 0 Å². The van der Waals surface area contributed by atoms with Gasteiger partial charge < -0.3 is 31.0 Å². The van der Waals surface area contributed by atoms with E-state index in [1.165, 1.54) is 0 Å². The molecule has 0 aromatic heterocycles. The number of amides is 1. The van der Waals surface area contributed by atoms with E-state index in [-0.39, 0.29) is 18.4 Å². The summed E-state index contributed by atoms with van der Waals surface area (Å²) in [6.07, 6.45) is 1.96. The summed E-state index contributed by atoms with van der Waals surface area (Å²) in [5.41, 5.74) is 11.6. The molecular formula is C17H24N4O4. The topological polar surface area (TPSA) is 121 Å². The number of rotatable bonds is 4. The summed E-state index contributed by atoms with van der Waals surface area (Å²) in [7, 11) is 0. The van der Waals surface area contributed by atoms with E-state index in [1.807, 2.05) is 18.2 Å². The average molecular weight is 348 g/mol. The van der Waals surface area contributed by atoms with Crippen LogP contribution in [0.15, 0.2) is 23.2 Å². The molecule has 0 spiro atoms. The van der Waals surface area contributed by atoms with Gasteiger partial charge in [0.15, 0.2) is 17.5 Å². The largest absolute Gasteiger partial charge is 0.490 e. The molecule has 1 fully saturated rings. The lowest BCUT2D eigenvalue weighted by Crippen LogP contribution is -2.44. The standard InChI is InChI=1S/C17H24N4O4/c18-15(22)17(4-8-23-9-5-17)11-20-16(19)21-12-2-3-13-14(10-12)25-7-1-6-24-13/h2-3,10H,1,4-9,11H2,(H2,18,22)(H3,19,20,21). The lowest BCUT2D eigenvalue weighted by atomic mass is 9.79. The van der Waals surface area contributed by atoms with Crippen molar-refractivity contribution in [3.8, 4) is 11.5 Å². The normalized spacial score (nSPS) is 19.8. The van der Waals surface area contributed by atoms with E-state index in [1.54, 1.807) is 0 Å². The first kappa shape index (κ1) is 17.3. The van der Waals surface area contributed by atoms with Crippen molar-refractivity contribution in [3.05, 3.63) is 18.2 Å². The molecule has 0 saturated carbocycles. The van der Waals surface area contributed by atoms with Gasteiger partial charge in [0.05, 0.1) is 25.2 Å². The fourth-order valence-corrected chi connectivity index (χ4v) is 2.91. The zero-order valence-corrected chi connectivity index (χ0v) is 14.1. The van der Waals surface area contributed by atoms with Crippen molar-refractivity contribution in [1.29, 1.82) is 0 Å². The highest BCUT2D eigenvalue weighted by Gasteiger charge is 2.38. The molecule has 8 nitrogen and oxygen atoms in total. The number of carbonyl (C=O) groups is 1. The number of ether oxygens (including phenoxy) is 3. The molecule has 2 aliphatic rings. The highest BCUT2D eigenvalue weighted by Crippen LogP contribution is 2.33. The minimum atomic E-state index is -0.685. The highest BCUT2D eigenvalue weighted by molar-refractivity contribution is 5.93. The predicted octanol–water partition coefficient (Wildman–Crippen LogP) is 0.857. The van der Waals surface area contributed by atoms with E-state index < -0.39 is 5.41 Å². The summed E-state index contributed by atoms with van der Waals surface area (Å²) in [5.74, 6) is 1.26. The summed E-state index contributed by atoms with van der Waals surface area (Å²) in [6, 6.07) is 5.50. The highest BCUT2D eigenvalue weighted by atomic mass is 16.5. The Morgan fingerprint density at radius 1 is 1.12 bits per heavy atom. The maximum Gasteiger partial charge on any atom is 0.225 e. The Hall–Kier alpha value is -2.48. The maximum absolute atomic E-state index is 11.8. The Morgan fingerprint density at radius 3 is 2.56 bits per heavy atom. The summed E-state index contributed by atoms with van der Waals surface area (Å²) in [5, 5.41) is 3.02. The van der Waals surface area contributed by atoms with Crippen LogP contribution in [0, 0.1) is 5.41 Å². The van der Waals surface area contributed by atoms with Crippen LogP contribution in [0.2, 0.25) is 0 Å². The molecule has 1 amide bonds. The number of hydrogen-bond donors (Lipinski definition) is 3. The molecule has 0 bridgehead atoms. The van der Waals surface area contributed by atoms with Crippen LogP contribution in [-0.2, 0) is 9.53 Å². The number of nitrogens with one attached hydrogen (secondary N) is 1. The van der Waals surface area contributed by atoms with E-state index in [0.717, 1.165) is 12.1 Å². The van der Waals surface area contributed by atoms with Crippen LogP contribution in [0.1, 0.15) is 19.3 Å². The van der Waals surface area contributed by atoms with Crippen LogP contribution in [-0.4, -0.2) is 44.8 Å². The monoisotopic (exact) mass is 348 g/mol. The smallest absolute Gasteiger partial charge is 0.225 e. The number of fused-ring (bicyclic) bond motifs is 1. The van der Waals surface area contributed by atoms with Crippen LogP contribution in [0.5, 0.6) is 11.5 Å². The van der Waals surface area contributed by atoms with Gasteiger partial charge in [0.25, 0.3) is 0 Å². The molecule has 0 radical (unpaired) electrons. The van der Waals surface area contributed by atoms with Gasteiger partial charge in [0.1, 0.15) is 0 Å². The first-order chi connectivity index (χ1) is 12.1. The van der Waals surface area contributed by atoms with E-state index >= 15 is 0 Å². The third-order valence-corrected chi connectivity index (χ3v) is 4.54. The van der Waals surface area contributed by atoms with Gasteiger partial charge in [-0.25, -0.2) is 0 Å². The Kier molecular flexibility index (Phi) is 5.28. The molecule has 0 atom stereocenters. The Balaban J connectivity index is 1.67. The zero-order valence-electron chi connectivity index (χ0n) is 14.1. The molecule has 8 heteroatoms. The van der Waals surface area contributed by atoms with Gasteiger partial charge in [0, 0.05) is 31.4 Å². The van der Waals surface area contributed by atoms with Crippen LogP contribution in [0.25, 0.3) is 0 Å². The van der Waals surface area contributed by atoms with Crippen molar-refractivity contribution in [1.82, 2.24) is 0 Å². The average Bonchev–Trinajstić information content (AvgIpc) is 2.85. The summed E-state index contributed by atoms with van der Waals surface area (Å²) in [4.78, 5) is 16.2. The number of anilines is 1. The number of primary amides is 1. The van der Waals surface area contributed by atoms with Gasteiger partial charge in [-0.3, -0.25) is 9.79 Å². The van der Waals surface area contributed by atoms with Crippen LogP contribution < -0.4 is 26.3 Å². The molecule has 1 saturated heterocycles.